The van der Waals surface area contributed by atoms with E-state index in [4.69, 9.17) is 4.74 Å². The first kappa shape index (κ1) is 14.4. The minimum absolute atomic E-state index is 0.0194. The number of amides is 1. The smallest absolute Gasteiger partial charge is 0.416 e. The van der Waals surface area contributed by atoms with Gasteiger partial charge in [-0.3, -0.25) is 4.79 Å². The van der Waals surface area contributed by atoms with Crippen molar-refractivity contribution in [2.45, 2.75) is 25.1 Å². The van der Waals surface area contributed by atoms with Gasteiger partial charge in [0, 0.05) is 6.42 Å². The molecule has 1 N–H and O–H groups in total. The molecule has 20 heavy (non-hydrogen) atoms. The van der Waals surface area contributed by atoms with Crippen LogP contribution < -0.4 is 5.32 Å². The van der Waals surface area contributed by atoms with Crippen molar-refractivity contribution in [3.63, 3.8) is 0 Å². The number of hydrogen-bond acceptors (Lipinski definition) is 3. The Kier molecular flexibility index (Phi) is 3.96. The summed E-state index contributed by atoms with van der Waals surface area (Å²) in [4.78, 5) is 22.6. The van der Waals surface area contributed by atoms with Gasteiger partial charge in [0.1, 0.15) is 6.61 Å². The van der Waals surface area contributed by atoms with Gasteiger partial charge in [0.25, 0.3) is 0 Å². The van der Waals surface area contributed by atoms with E-state index >= 15 is 0 Å². The Bertz CT molecular complexity index is 511. The van der Waals surface area contributed by atoms with Gasteiger partial charge in [-0.1, -0.05) is 0 Å². The van der Waals surface area contributed by atoms with Gasteiger partial charge >= 0.3 is 12.1 Å². The maximum atomic E-state index is 12.4. The zero-order valence-corrected chi connectivity index (χ0v) is 10.4. The molecule has 0 radical (unpaired) electrons. The number of rotatable bonds is 3. The molecule has 108 valence electrons. The van der Waals surface area contributed by atoms with Crippen LogP contribution in [0, 0.1) is 0 Å². The number of ether oxygens (including phenoxy) is 1. The molecule has 0 saturated carbocycles. The van der Waals surface area contributed by atoms with E-state index in [2.05, 4.69) is 5.32 Å². The molecular weight excluding hydrogens is 275 g/mol. The van der Waals surface area contributed by atoms with Gasteiger partial charge in [-0.05, 0) is 30.7 Å². The van der Waals surface area contributed by atoms with Crippen molar-refractivity contribution in [2.75, 3.05) is 6.61 Å². The summed E-state index contributed by atoms with van der Waals surface area (Å²) in [6, 6.07) is 3.57. The molecule has 1 saturated heterocycles. The molecule has 1 aromatic rings. The average Bonchev–Trinajstić information content (AvgIpc) is 2.81. The first-order valence-electron chi connectivity index (χ1n) is 6.00. The largest absolute Gasteiger partial charge is 0.460 e. The van der Waals surface area contributed by atoms with Crippen LogP contribution in [0.3, 0.4) is 0 Å². The van der Waals surface area contributed by atoms with Gasteiger partial charge in [0.05, 0.1) is 17.2 Å². The number of halogens is 3. The van der Waals surface area contributed by atoms with E-state index in [9.17, 15) is 22.8 Å². The minimum Gasteiger partial charge on any atom is -0.460 e. The van der Waals surface area contributed by atoms with Crippen molar-refractivity contribution in [3.8, 4) is 0 Å². The van der Waals surface area contributed by atoms with Crippen LogP contribution in [0.25, 0.3) is 0 Å². The first-order chi connectivity index (χ1) is 9.36. The summed E-state index contributed by atoms with van der Waals surface area (Å²) in [7, 11) is 0. The molecule has 7 heteroatoms. The Labute approximate surface area is 112 Å². The summed E-state index contributed by atoms with van der Waals surface area (Å²) in [5.41, 5.74) is -0.778. The summed E-state index contributed by atoms with van der Waals surface area (Å²) in [6.07, 6.45) is -3.46. The maximum absolute atomic E-state index is 12.4. The lowest BCUT2D eigenvalue weighted by Gasteiger charge is -2.11. The molecule has 1 aliphatic rings. The minimum atomic E-state index is -4.43. The van der Waals surface area contributed by atoms with Crippen molar-refractivity contribution >= 4 is 11.9 Å². The van der Waals surface area contributed by atoms with Crippen molar-refractivity contribution in [1.29, 1.82) is 0 Å². The number of benzene rings is 1. The second kappa shape index (κ2) is 5.52. The van der Waals surface area contributed by atoms with Crippen molar-refractivity contribution in [2.24, 2.45) is 0 Å². The third-order valence-electron chi connectivity index (χ3n) is 2.95. The van der Waals surface area contributed by atoms with Crippen molar-refractivity contribution in [3.05, 3.63) is 35.4 Å². The number of alkyl halides is 3. The molecule has 0 aromatic heterocycles. The Hall–Kier alpha value is -2.05. The lowest BCUT2D eigenvalue weighted by Crippen LogP contribution is -2.30. The van der Waals surface area contributed by atoms with Crippen LogP contribution in [0.5, 0.6) is 0 Å². The molecule has 1 atom stereocenters. The Morgan fingerprint density at radius 1 is 1.30 bits per heavy atom. The summed E-state index contributed by atoms with van der Waals surface area (Å²) < 4.78 is 42.0. The Morgan fingerprint density at radius 2 is 1.95 bits per heavy atom. The molecule has 0 aliphatic carbocycles. The molecule has 0 bridgehead atoms. The number of nitrogens with one attached hydrogen (secondary N) is 1. The highest BCUT2D eigenvalue weighted by molar-refractivity contribution is 5.89. The predicted molar refractivity (Wildman–Crippen MR) is 62.9 cm³/mol. The summed E-state index contributed by atoms with van der Waals surface area (Å²) in [5.74, 6) is -0.805. The van der Waals surface area contributed by atoms with Gasteiger partial charge < -0.3 is 10.1 Å². The van der Waals surface area contributed by atoms with Crippen LogP contribution in [-0.2, 0) is 15.7 Å². The van der Waals surface area contributed by atoms with E-state index in [0.29, 0.717) is 12.8 Å². The van der Waals surface area contributed by atoms with Crippen LogP contribution in [-0.4, -0.2) is 24.5 Å². The van der Waals surface area contributed by atoms with Crippen molar-refractivity contribution in [1.82, 2.24) is 5.32 Å². The molecule has 1 aromatic carbocycles. The topological polar surface area (TPSA) is 55.4 Å². The highest BCUT2D eigenvalue weighted by atomic mass is 19.4. The van der Waals surface area contributed by atoms with E-state index in [1.165, 1.54) is 0 Å². The average molecular weight is 287 g/mol. The van der Waals surface area contributed by atoms with E-state index < -0.39 is 17.7 Å². The van der Waals surface area contributed by atoms with Crippen molar-refractivity contribution < 1.29 is 27.5 Å². The van der Waals surface area contributed by atoms with Crippen LogP contribution >= 0.6 is 0 Å². The highest BCUT2D eigenvalue weighted by Gasteiger charge is 2.30. The molecule has 4 nitrogen and oxygen atoms in total. The van der Waals surface area contributed by atoms with Gasteiger partial charge in [-0.15, -0.1) is 0 Å². The molecule has 1 heterocycles. The van der Waals surface area contributed by atoms with Gasteiger partial charge in [-0.25, -0.2) is 4.79 Å². The molecular formula is C13H12F3NO3. The fourth-order valence-electron chi connectivity index (χ4n) is 1.86. The zero-order chi connectivity index (χ0) is 14.8. The van der Waals surface area contributed by atoms with Gasteiger partial charge in [0.2, 0.25) is 5.91 Å². The molecule has 0 spiro atoms. The second-order valence-electron chi connectivity index (χ2n) is 4.48. The molecule has 1 unspecified atom stereocenters. The number of hydrogen-bond donors (Lipinski definition) is 1. The molecule has 2 rings (SSSR count). The molecule has 1 fully saturated rings. The van der Waals surface area contributed by atoms with E-state index in [-0.39, 0.29) is 24.1 Å². The third-order valence-corrected chi connectivity index (χ3v) is 2.95. The van der Waals surface area contributed by atoms with Crippen LogP contribution in [0.2, 0.25) is 0 Å². The van der Waals surface area contributed by atoms with Gasteiger partial charge in [0.15, 0.2) is 0 Å². The lowest BCUT2D eigenvalue weighted by atomic mass is 10.1. The SMILES string of the molecule is O=C1CCC(COC(=O)c2ccc(C(F)(F)F)cc2)N1. The normalized spacial score (nSPS) is 18.8. The monoisotopic (exact) mass is 287 g/mol. The Morgan fingerprint density at radius 3 is 2.45 bits per heavy atom. The molecule has 1 amide bonds. The summed E-state index contributed by atoms with van der Waals surface area (Å²) in [6.45, 7) is 0.0194. The van der Waals surface area contributed by atoms with E-state index in [0.717, 1.165) is 24.3 Å². The van der Waals surface area contributed by atoms with E-state index in [1.807, 2.05) is 0 Å². The fourth-order valence-corrected chi connectivity index (χ4v) is 1.86. The Balaban J connectivity index is 1.91. The van der Waals surface area contributed by atoms with E-state index in [1.54, 1.807) is 0 Å². The third kappa shape index (κ3) is 3.49. The lowest BCUT2D eigenvalue weighted by molar-refractivity contribution is -0.137. The first-order valence-corrected chi connectivity index (χ1v) is 6.00. The second-order valence-corrected chi connectivity index (χ2v) is 4.48. The van der Waals surface area contributed by atoms with Crippen LogP contribution in [0.15, 0.2) is 24.3 Å². The van der Waals surface area contributed by atoms with Crippen LogP contribution in [0.1, 0.15) is 28.8 Å². The highest BCUT2D eigenvalue weighted by Crippen LogP contribution is 2.29. The standard InChI is InChI=1S/C13H12F3NO3/c14-13(15,16)9-3-1-8(2-4-9)12(19)20-7-10-5-6-11(18)17-10/h1-4,10H,5-7H2,(H,17,18). The predicted octanol–water partition coefficient (Wildman–Crippen LogP) is 2.14. The summed E-state index contributed by atoms with van der Waals surface area (Å²) in [5, 5.41) is 2.62. The van der Waals surface area contributed by atoms with Gasteiger partial charge in [-0.2, -0.15) is 13.2 Å². The van der Waals surface area contributed by atoms with Crippen LogP contribution in [0.4, 0.5) is 13.2 Å². The molecule has 1 aliphatic heterocycles. The number of esters is 1. The maximum Gasteiger partial charge on any atom is 0.416 e. The quantitative estimate of drug-likeness (QED) is 0.867. The summed E-state index contributed by atoms with van der Waals surface area (Å²) >= 11 is 0. The fraction of sp³-hybridized carbons (Fsp3) is 0.385. The number of carbonyl (C=O) groups is 2. The zero-order valence-electron chi connectivity index (χ0n) is 10.4. The number of carbonyl (C=O) groups excluding carboxylic acids is 2.